The van der Waals surface area contributed by atoms with E-state index in [0.29, 0.717) is 0 Å². The fourth-order valence-electron chi connectivity index (χ4n) is 2.53. The van der Waals surface area contributed by atoms with Crippen molar-refractivity contribution < 1.29 is 5.11 Å². The number of aliphatic hydroxyl groups excluding tert-OH is 1. The van der Waals surface area contributed by atoms with Gasteiger partial charge in [-0.3, -0.25) is 0 Å². The summed E-state index contributed by atoms with van der Waals surface area (Å²) < 4.78 is 1.98. The van der Waals surface area contributed by atoms with Gasteiger partial charge in [0.25, 0.3) is 0 Å². The molecule has 0 fully saturated rings. The van der Waals surface area contributed by atoms with Gasteiger partial charge < -0.3 is 15.0 Å². The van der Waals surface area contributed by atoms with Gasteiger partial charge in [0.2, 0.25) is 0 Å². The van der Waals surface area contributed by atoms with Gasteiger partial charge >= 0.3 is 0 Å². The van der Waals surface area contributed by atoms with Crippen molar-refractivity contribution in [1.82, 2.24) is 14.9 Å². The summed E-state index contributed by atoms with van der Waals surface area (Å²) in [5.41, 5.74) is 2.91. The van der Waals surface area contributed by atoms with Crippen molar-refractivity contribution in [2.24, 2.45) is 7.05 Å². The van der Waals surface area contributed by atoms with Crippen LogP contribution in [0.25, 0.3) is 11.0 Å². The molecule has 1 aromatic carbocycles. The summed E-state index contributed by atoms with van der Waals surface area (Å²) in [4.78, 5) is 4.35. The molecule has 20 heavy (non-hydrogen) atoms. The number of aliphatic hydroxyl groups is 1. The zero-order valence-electron chi connectivity index (χ0n) is 13.0. The third-order valence-electron chi connectivity index (χ3n) is 3.53. The molecule has 0 aliphatic heterocycles. The van der Waals surface area contributed by atoms with Crippen molar-refractivity contribution >= 4 is 11.0 Å². The van der Waals surface area contributed by atoms with Crippen molar-refractivity contribution in [3.8, 4) is 0 Å². The molecular weight excluding hydrogens is 250 g/mol. The Balaban J connectivity index is 2.26. The summed E-state index contributed by atoms with van der Waals surface area (Å²) in [7, 11) is 1.97. The van der Waals surface area contributed by atoms with Crippen molar-refractivity contribution in [3.05, 3.63) is 30.1 Å². The molecule has 0 bridgehead atoms. The molecule has 0 saturated heterocycles. The SMILES string of the molecule is CCC(NC(C)(C)C)C(O)c1ccc2c(c1)ncn2C. The van der Waals surface area contributed by atoms with E-state index in [9.17, 15) is 5.11 Å². The Morgan fingerprint density at radius 2 is 2.05 bits per heavy atom. The smallest absolute Gasteiger partial charge is 0.0955 e. The molecule has 2 rings (SSSR count). The highest BCUT2D eigenvalue weighted by Gasteiger charge is 2.24. The molecule has 1 heterocycles. The van der Waals surface area contributed by atoms with E-state index in [-0.39, 0.29) is 11.6 Å². The quantitative estimate of drug-likeness (QED) is 0.902. The lowest BCUT2D eigenvalue weighted by Gasteiger charge is -2.31. The highest BCUT2D eigenvalue weighted by atomic mass is 16.3. The van der Waals surface area contributed by atoms with Gasteiger partial charge in [-0.25, -0.2) is 4.98 Å². The van der Waals surface area contributed by atoms with Gasteiger partial charge in [0.15, 0.2) is 0 Å². The monoisotopic (exact) mass is 275 g/mol. The van der Waals surface area contributed by atoms with Gasteiger partial charge in [0.05, 0.1) is 23.5 Å². The minimum Gasteiger partial charge on any atom is -0.387 e. The number of benzene rings is 1. The average Bonchev–Trinajstić information content (AvgIpc) is 2.75. The summed E-state index contributed by atoms with van der Waals surface area (Å²) in [5.74, 6) is 0. The Kier molecular flexibility index (Phi) is 4.16. The van der Waals surface area contributed by atoms with E-state index in [1.165, 1.54) is 0 Å². The van der Waals surface area contributed by atoms with E-state index < -0.39 is 6.10 Å². The molecule has 0 amide bonds. The molecule has 2 unspecified atom stereocenters. The van der Waals surface area contributed by atoms with E-state index in [1.54, 1.807) is 6.33 Å². The van der Waals surface area contributed by atoms with Crippen LogP contribution in [0.15, 0.2) is 24.5 Å². The Morgan fingerprint density at radius 1 is 1.35 bits per heavy atom. The zero-order chi connectivity index (χ0) is 14.9. The van der Waals surface area contributed by atoms with E-state index in [1.807, 2.05) is 29.8 Å². The molecule has 4 heteroatoms. The molecule has 2 N–H and O–H groups in total. The van der Waals surface area contributed by atoms with Crippen LogP contribution in [-0.2, 0) is 7.05 Å². The highest BCUT2D eigenvalue weighted by Crippen LogP contribution is 2.24. The van der Waals surface area contributed by atoms with Crippen molar-refractivity contribution in [3.63, 3.8) is 0 Å². The van der Waals surface area contributed by atoms with Crippen LogP contribution in [0.1, 0.15) is 45.8 Å². The molecule has 4 nitrogen and oxygen atoms in total. The van der Waals surface area contributed by atoms with Crippen molar-refractivity contribution in [2.75, 3.05) is 0 Å². The van der Waals surface area contributed by atoms with E-state index >= 15 is 0 Å². The van der Waals surface area contributed by atoms with Gasteiger partial charge in [0.1, 0.15) is 0 Å². The summed E-state index contributed by atoms with van der Waals surface area (Å²) in [6, 6.07) is 6.02. The minimum absolute atomic E-state index is 0.0171. The fourth-order valence-corrected chi connectivity index (χ4v) is 2.53. The second kappa shape index (κ2) is 5.54. The number of rotatable bonds is 4. The summed E-state index contributed by atoms with van der Waals surface area (Å²) in [6.45, 7) is 8.44. The van der Waals surface area contributed by atoms with Crippen LogP contribution in [0.3, 0.4) is 0 Å². The summed E-state index contributed by atoms with van der Waals surface area (Å²) in [5, 5.41) is 14.1. The lowest BCUT2D eigenvalue weighted by Crippen LogP contribution is -2.46. The minimum atomic E-state index is -0.523. The number of hydrogen-bond donors (Lipinski definition) is 2. The molecule has 110 valence electrons. The lowest BCUT2D eigenvalue weighted by molar-refractivity contribution is 0.111. The van der Waals surface area contributed by atoms with E-state index in [4.69, 9.17) is 0 Å². The molecule has 2 atom stereocenters. The first-order valence-corrected chi connectivity index (χ1v) is 7.18. The number of imidazole rings is 1. The normalized spacial score (nSPS) is 15.5. The molecule has 0 aliphatic rings. The zero-order valence-corrected chi connectivity index (χ0v) is 13.0. The maximum absolute atomic E-state index is 10.6. The number of hydrogen-bond acceptors (Lipinski definition) is 3. The Morgan fingerprint density at radius 3 is 2.65 bits per heavy atom. The molecule has 0 radical (unpaired) electrons. The van der Waals surface area contributed by atoms with Crippen LogP contribution >= 0.6 is 0 Å². The lowest BCUT2D eigenvalue weighted by atomic mass is 9.96. The maximum Gasteiger partial charge on any atom is 0.0955 e. The standard InChI is InChI=1S/C16H25N3O/c1-6-12(18-16(2,3)4)15(20)11-7-8-14-13(9-11)17-10-19(14)5/h7-10,12,15,18,20H,6H2,1-5H3. The second-order valence-corrected chi connectivity index (χ2v) is 6.46. The molecule has 0 spiro atoms. The van der Waals surface area contributed by atoms with Gasteiger partial charge in [-0.1, -0.05) is 13.0 Å². The van der Waals surface area contributed by atoms with E-state index in [2.05, 4.69) is 38.0 Å². The summed E-state index contributed by atoms with van der Waals surface area (Å²) >= 11 is 0. The Bertz CT molecular complexity index is 583. The van der Waals surface area contributed by atoms with Gasteiger partial charge in [-0.2, -0.15) is 0 Å². The van der Waals surface area contributed by atoms with Crippen molar-refractivity contribution in [2.45, 2.75) is 51.8 Å². The number of aryl methyl sites for hydroxylation is 1. The van der Waals surface area contributed by atoms with Crippen LogP contribution in [0, 0.1) is 0 Å². The van der Waals surface area contributed by atoms with Gasteiger partial charge in [-0.05, 0) is 44.9 Å². The van der Waals surface area contributed by atoms with Crippen LogP contribution < -0.4 is 5.32 Å². The number of aromatic nitrogens is 2. The first-order chi connectivity index (χ1) is 9.31. The number of nitrogens with zero attached hydrogens (tertiary/aromatic N) is 2. The largest absolute Gasteiger partial charge is 0.387 e. The topological polar surface area (TPSA) is 50.1 Å². The first-order valence-electron chi connectivity index (χ1n) is 7.18. The molecule has 2 aromatic rings. The molecule has 0 aliphatic carbocycles. The average molecular weight is 275 g/mol. The third-order valence-corrected chi connectivity index (χ3v) is 3.53. The first kappa shape index (κ1) is 15.0. The number of fused-ring (bicyclic) bond motifs is 1. The van der Waals surface area contributed by atoms with Crippen LogP contribution in [-0.4, -0.2) is 26.2 Å². The van der Waals surface area contributed by atoms with Gasteiger partial charge in [-0.15, -0.1) is 0 Å². The number of nitrogens with one attached hydrogen (secondary N) is 1. The highest BCUT2D eigenvalue weighted by molar-refractivity contribution is 5.76. The second-order valence-electron chi connectivity index (χ2n) is 6.46. The van der Waals surface area contributed by atoms with Crippen LogP contribution in [0.2, 0.25) is 0 Å². The van der Waals surface area contributed by atoms with Crippen molar-refractivity contribution in [1.29, 1.82) is 0 Å². The third kappa shape index (κ3) is 3.19. The Hall–Kier alpha value is -1.39. The maximum atomic E-state index is 10.6. The van der Waals surface area contributed by atoms with Crippen LogP contribution in [0.5, 0.6) is 0 Å². The molecular formula is C16H25N3O. The fraction of sp³-hybridized carbons (Fsp3) is 0.562. The molecule has 1 aromatic heterocycles. The van der Waals surface area contributed by atoms with Crippen LogP contribution in [0.4, 0.5) is 0 Å². The predicted molar refractivity (Wildman–Crippen MR) is 82.6 cm³/mol. The van der Waals surface area contributed by atoms with E-state index in [0.717, 1.165) is 23.0 Å². The van der Waals surface area contributed by atoms with Gasteiger partial charge in [0, 0.05) is 18.6 Å². The summed E-state index contributed by atoms with van der Waals surface area (Å²) in [6.07, 6.45) is 2.15. The predicted octanol–water partition coefficient (Wildman–Crippen LogP) is 2.77. The molecule has 0 saturated carbocycles. The Labute approximate surface area is 120 Å².